The predicted octanol–water partition coefficient (Wildman–Crippen LogP) is 4.73. The lowest BCUT2D eigenvalue weighted by molar-refractivity contribution is -0.167. The molecule has 1 aliphatic rings. The molecule has 1 atom stereocenters. The van der Waals surface area contributed by atoms with E-state index in [1.54, 1.807) is 0 Å². The first-order chi connectivity index (χ1) is 11.2. The predicted molar refractivity (Wildman–Crippen MR) is 99.2 cm³/mol. The van der Waals surface area contributed by atoms with E-state index in [0.29, 0.717) is 6.32 Å². The van der Waals surface area contributed by atoms with Gasteiger partial charge in [0.2, 0.25) is 0 Å². The summed E-state index contributed by atoms with van der Waals surface area (Å²) < 4.78 is 5.89. The van der Waals surface area contributed by atoms with Gasteiger partial charge in [-0.2, -0.15) is 0 Å². The fourth-order valence-corrected chi connectivity index (χ4v) is 3.28. The lowest BCUT2D eigenvalue weighted by Crippen LogP contribution is -2.39. The van der Waals surface area contributed by atoms with Crippen LogP contribution in [0.4, 0.5) is 0 Å². The number of ether oxygens (including phenoxy) is 1. The van der Waals surface area contributed by atoms with Crippen LogP contribution in [0.2, 0.25) is 6.32 Å². The third kappa shape index (κ3) is 4.40. The average Bonchev–Trinajstić information content (AvgIpc) is 2.99. The van der Waals surface area contributed by atoms with Crippen molar-refractivity contribution in [3.63, 3.8) is 0 Å². The Kier molecular flexibility index (Phi) is 5.77. The molecule has 0 amide bonds. The minimum absolute atomic E-state index is 0.0809. The summed E-state index contributed by atoms with van der Waals surface area (Å²) in [6, 6.07) is 6.01. The van der Waals surface area contributed by atoms with Gasteiger partial charge in [0.05, 0.1) is 5.41 Å². The van der Waals surface area contributed by atoms with Gasteiger partial charge in [0.1, 0.15) is 12.9 Å². The molecular weight excluding hydrogens is 297 g/mol. The highest BCUT2D eigenvalue weighted by Crippen LogP contribution is 2.37. The van der Waals surface area contributed by atoms with E-state index in [1.165, 1.54) is 0 Å². The molecule has 0 spiro atoms. The summed E-state index contributed by atoms with van der Waals surface area (Å²) in [7, 11) is 2.24. The Labute approximate surface area is 147 Å². The highest BCUT2D eigenvalue weighted by molar-refractivity contribution is 6.40. The van der Waals surface area contributed by atoms with Crippen molar-refractivity contribution in [2.45, 2.75) is 84.0 Å². The molecule has 0 aliphatic heterocycles. The first-order valence-corrected chi connectivity index (χ1v) is 9.20. The normalized spacial score (nSPS) is 19.5. The lowest BCUT2D eigenvalue weighted by atomic mass is 9.45. The van der Waals surface area contributed by atoms with Gasteiger partial charge in [0, 0.05) is 11.9 Å². The first-order valence-electron chi connectivity index (χ1n) is 9.20. The molecule has 1 aliphatic carbocycles. The van der Waals surface area contributed by atoms with Gasteiger partial charge in [0.25, 0.3) is 0 Å². The van der Waals surface area contributed by atoms with Gasteiger partial charge in [-0.15, -0.1) is 0 Å². The molecule has 4 heteroatoms. The zero-order valence-corrected chi connectivity index (χ0v) is 15.9. The largest absolute Gasteiger partial charge is 0.459 e. The van der Waals surface area contributed by atoms with Crippen LogP contribution in [0.3, 0.4) is 0 Å². The quantitative estimate of drug-likeness (QED) is 0.536. The van der Waals surface area contributed by atoms with E-state index in [2.05, 4.69) is 39.1 Å². The van der Waals surface area contributed by atoms with Crippen LogP contribution in [-0.2, 0) is 14.8 Å². The van der Waals surface area contributed by atoms with Crippen LogP contribution in [0.5, 0.6) is 0 Å². The second-order valence-corrected chi connectivity index (χ2v) is 8.32. The molecule has 0 aromatic carbocycles. The zero-order chi connectivity index (χ0) is 17.8. The monoisotopic (exact) mass is 328 g/mol. The molecule has 1 saturated carbocycles. The Bertz CT molecular complexity index is 552. The summed E-state index contributed by atoms with van der Waals surface area (Å²) in [6.07, 6.45) is 7.75. The lowest BCUT2D eigenvalue weighted by Gasteiger charge is -2.33. The topological polar surface area (TPSA) is 39.2 Å². The second kappa shape index (κ2) is 7.29. The van der Waals surface area contributed by atoms with E-state index in [1.807, 2.05) is 32.2 Å². The van der Waals surface area contributed by atoms with Crippen molar-refractivity contribution in [3.8, 4) is 0 Å². The van der Waals surface area contributed by atoms with Gasteiger partial charge in [-0.1, -0.05) is 46.5 Å². The number of aromatic nitrogens is 1. The first kappa shape index (κ1) is 19.0. The Balaban J connectivity index is 2.01. The Morgan fingerprint density at radius 2 is 1.96 bits per heavy atom. The number of rotatable bonds is 7. The molecule has 0 bridgehead atoms. The molecule has 1 radical (unpaired) electrons. The highest BCUT2D eigenvalue weighted by Gasteiger charge is 2.39. The smallest absolute Gasteiger partial charge is 0.311 e. The Morgan fingerprint density at radius 1 is 1.29 bits per heavy atom. The van der Waals surface area contributed by atoms with Crippen molar-refractivity contribution in [1.82, 2.24) is 4.98 Å². The molecule has 1 aromatic heterocycles. The number of esters is 1. The van der Waals surface area contributed by atoms with Crippen LogP contribution in [-0.4, -0.2) is 23.8 Å². The molecule has 1 fully saturated rings. The van der Waals surface area contributed by atoms with E-state index in [0.717, 1.165) is 37.8 Å². The number of carbonyl (C=O) groups excluding carboxylic acids is 1. The van der Waals surface area contributed by atoms with E-state index in [9.17, 15) is 4.79 Å². The van der Waals surface area contributed by atoms with Gasteiger partial charge in [-0.3, -0.25) is 9.78 Å². The average molecular weight is 328 g/mol. The zero-order valence-electron chi connectivity index (χ0n) is 15.9. The molecule has 0 N–H and O–H groups in total. The molecule has 3 nitrogen and oxygen atoms in total. The van der Waals surface area contributed by atoms with Gasteiger partial charge in [-0.25, -0.2) is 0 Å². The molecule has 131 valence electrons. The van der Waals surface area contributed by atoms with Crippen molar-refractivity contribution in [3.05, 3.63) is 30.1 Å². The standard InChI is InChI=1S/C20H31BNO2/c1-6-20(5,16-11-7-10-14-22-16)21-15-18(2,3)17(23)24-19(4)12-8-9-13-19/h7,10-11,14H,6,8-9,12-13,15H2,1-5H3. The van der Waals surface area contributed by atoms with Crippen molar-refractivity contribution in [2.24, 2.45) is 5.41 Å². The summed E-state index contributed by atoms with van der Waals surface area (Å²) in [5, 5.41) is -0.129. The van der Waals surface area contributed by atoms with Crippen LogP contribution in [0, 0.1) is 5.41 Å². The van der Waals surface area contributed by atoms with Crippen molar-refractivity contribution >= 4 is 13.2 Å². The molecule has 1 unspecified atom stereocenters. The van der Waals surface area contributed by atoms with Gasteiger partial charge in [0.15, 0.2) is 0 Å². The van der Waals surface area contributed by atoms with Gasteiger partial charge < -0.3 is 4.74 Å². The minimum atomic E-state index is -0.517. The Morgan fingerprint density at radius 3 is 2.50 bits per heavy atom. The van der Waals surface area contributed by atoms with E-state index < -0.39 is 5.41 Å². The van der Waals surface area contributed by atoms with E-state index >= 15 is 0 Å². The van der Waals surface area contributed by atoms with Gasteiger partial charge in [-0.05, 0) is 50.1 Å². The number of hydrogen-bond acceptors (Lipinski definition) is 3. The number of pyridine rings is 1. The number of carbonyl (C=O) groups is 1. The van der Waals surface area contributed by atoms with Crippen LogP contribution < -0.4 is 0 Å². The number of nitrogens with zero attached hydrogens (tertiary/aromatic N) is 1. The van der Waals surface area contributed by atoms with Crippen molar-refractivity contribution < 1.29 is 9.53 Å². The number of hydrogen-bond donors (Lipinski definition) is 0. The second-order valence-electron chi connectivity index (χ2n) is 8.32. The molecule has 24 heavy (non-hydrogen) atoms. The van der Waals surface area contributed by atoms with Crippen LogP contribution in [0.25, 0.3) is 0 Å². The summed E-state index contributed by atoms with van der Waals surface area (Å²) in [6.45, 7) is 10.4. The highest BCUT2D eigenvalue weighted by atomic mass is 16.6. The fraction of sp³-hybridized carbons (Fsp3) is 0.700. The fourth-order valence-electron chi connectivity index (χ4n) is 3.28. The van der Waals surface area contributed by atoms with Crippen molar-refractivity contribution in [2.75, 3.05) is 0 Å². The van der Waals surface area contributed by atoms with Crippen LogP contribution in [0.15, 0.2) is 24.4 Å². The van der Waals surface area contributed by atoms with Gasteiger partial charge >= 0.3 is 5.97 Å². The Hall–Kier alpha value is -1.32. The maximum atomic E-state index is 12.7. The molecule has 1 heterocycles. The summed E-state index contributed by atoms with van der Waals surface area (Å²) in [5.74, 6) is -0.0809. The maximum Gasteiger partial charge on any atom is 0.311 e. The molecule has 1 aromatic rings. The summed E-state index contributed by atoms with van der Waals surface area (Å²) >= 11 is 0. The van der Waals surface area contributed by atoms with Crippen LogP contribution in [0.1, 0.15) is 72.4 Å². The summed E-state index contributed by atoms with van der Waals surface area (Å²) in [4.78, 5) is 17.2. The van der Waals surface area contributed by atoms with E-state index in [-0.39, 0.29) is 16.9 Å². The molecular formula is C20H31BNO2. The third-order valence-electron chi connectivity index (χ3n) is 5.60. The van der Waals surface area contributed by atoms with Crippen molar-refractivity contribution in [1.29, 1.82) is 0 Å². The third-order valence-corrected chi connectivity index (χ3v) is 5.60. The van der Waals surface area contributed by atoms with Crippen LogP contribution >= 0.6 is 0 Å². The minimum Gasteiger partial charge on any atom is -0.459 e. The van der Waals surface area contributed by atoms with E-state index in [4.69, 9.17) is 4.74 Å². The maximum absolute atomic E-state index is 12.7. The SMILES string of the molecule is CCC(C)([B]CC(C)(C)C(=O)OC1(C)CCCC1)c1ccccn1. The summed E-state index contributed by atoms with van der Waals surface area (Å²) in [5.41, 5.74) is 0.277. The molecule has 2 rings (SSSR count). The molecule has 0 saturated heterocycles.